The van der Waals surface area contributed by atoms with Crippen molar-refractivity contribution in [2.24, 2.45) is 0 Å². The lowest BCUT2D eigenvalue weighted by molar-refractivity contribution is 1.18. The lowest BCUT2D eigenvalue weighted by atomic mass is 10.00. The van der Waals surface area contributed by atoms with Gasteiger partial charge in [-0.3, -0.25) is 0 Å². The Labute approximate surface area is 292 Å². The third-order valence-corrected chi connectivity index (χ3v) is 11.2. The van der Waals surface area contributed by atoms with Crippen molar-refractivity contribution in [1.82, 2.24) is 13.4 Å². The van der Waals surface area contributed by atoms with E-state index in [4.69, 9.17) is 0 Å². The van der Waals surface area contributed by atoms with Crippen molar-refractivity contribution < 1.29 is 0 Å². The minimum atomic E-state index is 1.18. The summed E-state index contributed by atoms with van der Waals surface area (Å²) in [6.45, 7) is 0. The van der Waals surface area contributed by atoms with Gasteiger partial charge < -0.3 is 13.4 Å². The molecule has 4 heterocycles. The predicted octanol–water partition coefficient (Wildman–Crippen LogP) is 12.7. The second-order valence-corrected chi connectivity index (χ2v) is 13.7. The number of benzene rings is 8. The summed E-state index contributed by atoms with van der Waals surface area (Å²) in [4.78, 5) is 0. The zero-order chi connectivity index (χ0) is 33.2. The van der Waals surface area contributed by atoms with E-state index in [1.807, 2.05) is 0 Å². The standard InChI is InChI=1S/C48H29N3/c1-2-12-32(13-3-1)49-41-20-6-5-15-34(41)39-28-30(24-26-43(39)49)31-25-27-44-40(29-31)38-19-11-18-37-36-17-10-16-35-33-14-4-7-21-42(33)50(47(35)36)45-22-8-9-23-46(45)51(44)48(37)38/h1-29H. The zero-order valence-corrected chi connectivity index (χ0v) is 27.6. The van der Waals surface area contributed by atoms with Gasteiger partial charge in [0.2, 0.25) is 0 Å². The normalized spacial score (nSPS) is 12.3. The van der Waals surface area contributed by atoms with Crippen LogP contribution in [0.4, 0.5) is 0 Å². The van der Waals surface area contributed by atoms with Gasteiger partial charge in [-0.15, -0.1) is 0 Å². The predicted molar refractivity (Wildman–Crippen MR) is 216 cm³/mol. The highest BCUT2D eigenvalue weighted by atomic mass is 15.0. The molecule has 8 aromatic carbocycles. The SMILES string of the molecule is c1ccc(-n2c3ccccc3c3cc(-c4ccc5c(c4)c4cccc6c7cccc8c9ccccc9n(c9ccccc9n5c46)c87)ccc32)cc1. The van der Waals surface area contributed by atoms with Crippen molar-refractivity contribution in [3.63, 3.8) is 0 Å². The molecule has 12 aromatic rings. The van der Waals surface area contributed by atoms with Crippen molar-refractivity contribution in [1.29, 1.82) is 0 Å². The molecule has 0 saturated carbocycles. The summed E-state index contributed by atoms with van der Waals surface area (Å²) < 4.78 is 7.37. The molecular formula is C48H29N3. The second-order valence-electron chi connectivity index (χ2n) is 13.7. The van der Waals surface area contributed by atoms with Crippen LogP contribution in [0.3, 0.4) is 0 Å². The average Bonchev–Trinajstić information content (AvgIpc) is 3.83. The summed E-state index contributed by atoms with van der Waals surface area (Å²) >= 11 is 0. The van der Waals surface area contributed by atoms with E-state index in [2.05, 4.69) is 189 Å². The molecule has 0 N–H and O–H groups in total. The van der Waals surface area contributed by atoms with E-state index in [0.717, 1.165) is 0 Å². The third kappa shape index (κ3) is 3.52. The molecule has 0 saturated heterocycles. The number of para-hydroxylation sites is 7. The van der Waals surface area contributed by atoms with Crippen LogP contribution >= 0.6 is 0 Å². The Balaban J connectivity index is 1.19. The van der Waals surface area contributed by atoms with Crippen LogP contribution in [0.15, 0.2) is 176 Å². The first-order valence-corrected chi connectivity index (χ1v) is 17.6. The molecule has 12 rings (SSSR count). The summed E-state index contributed by atoms with van der Waals surface area (Å²) in [5.74, 6) is 0. The van der Waals surface area contributed by atoms with Gasteiger partial charge >= 0.3 is 0 Å². The first-order valence-electron chi connectivity index (χ1n) is 17.6. The van der Waals surface area contributed by atoms with E-state index >= 15 is 0 Å². The van der Waals surface area contributed by atoms with Crippen molar-refractivity contribution in [2.75, 3.05) is 0 Å². The maximum atomic E-state index is 2.51. The largest absolute Gasteiger partial charge is 0.309 e. The average molecular weight is 648 g/mol. The van der Waals surface area contributed by atoms with Gasteiger partial charge in [0, 0.05) is 48.8 Å². The van der Waals surface area contributed by atoms with Gasteiger partial charge in [0.25, 0.3) is 0 Å². The van der Waals surface area contributed by atoms with Crippen LogP contribution in [0.5, 0.6) is 0 Å². The van der Waals surface area contributed by atoms with Crippen LogP contribution < -0.4 is 0 Å². The Bertz CT molecular complexity index is 3410. The molecule has 0 unspecified atom stereocenters. The molecule has 0 aliphatic heterocycles. The smallest absolute Gasteiger partial charge is 0.0703 e. The van der Waals surface area contributed by atoms with E-state index in [9.17, 15) is 0 Å². The molecular weight excluding hydrogens is 619 g/mol. The Morgan fingerprint density at radius 3 is 1.27 bits per heavy atom. The quantitative estimate of drug-likeness (QED) is 0.177. The van der Waals surface area contributed by atoms with Crippen LogP contribution in [-0.4, -0.2) is 13.4 Å². The third-order valence-electron chi connectivity index (χ3n) is 11.2. The molecule has 0 radical (unpaired) electrons. The fourth-order valence-corrected chi connectivity index (χ4v) is 9.05. The number of nitrogens with zero attached hydrogens (tertiary/aromatic N) is 3. The fraction of sp³-hybridized carbons (Fsp3) is 0. The van der Waals surface area contributed by atoms with E-state index in [-0.39, 0.29) is 0 Å². The van der Waals surface area contributed by atoms with E-state index in [1.54, 1.807) is 0 Å². The van der Waals surface area contributed by atoms with Crippen molar-refractivity contribution >= 4 is 87.2 Å². The topological polar surface area (TPSA) is 13.8 Å². The maximum Gasteiger partial charge on any atom is 0.0703 e. The molecule has 0 amide bonds. The van der Waals surface area contributed by atoms with Crippen LogP contribution in [0.25, 0.3) is 104 Å². The summed E-state index contributed by atoms with van der Waals surface area (Å²) in [6.07, 6.45) is 0. The minimum Gasteiger partial charge on any atom is -0.309 e. The van der Waals surface area contributed by atoms with E-state index in [0.29, 0.717) is 0 Å². The summed E-state index contributed by atoms with van der Waals surface area (Å²) in [7, 11) is 0. The molecule has 0 aliphatic carbocycles. The molecule has 236 valence electrons. The maximum absolute atomic E-state index is 2.51. The molecule has 3 nitrogen and oxygen atoms in total. The van der Waals surface area contributed by atoms with Crippen molar-refractivity contribution in [3.8, 4) is 16.8 Å². The second kappa shape index (κ2) is 9.87. The Hall–Kier alpha value is -6.84. The van der Waals surface area contributed by atoms with Gasteiger partial charge in [-0.1, -0.05) is 115 Å². The highest BCUT2D eigenvalue weighted by molar-refractivity contribution is 6.25. The molecule has 3 heteroatoms. The van der Waals surface area contributed by atoms with Crippen molar-refractivity contribution in [2.45, 2.75) is 0 Å². The van der Waals surface area contributed by atoms with Gasteiger partial charge in [0.15, 0.2) is 0 Å². The first kappa shape index (κ1) is 27.0. The van der Waals surface area contributed by atoms with Crippen LogP contribution in [0.2, 0.25) is 0 Å². The van der Waals surface area contributed by atoms with Crippen LogP contribution in [0.1, 0.15) is 0 Å². The monoisotopic (exact) mass is 647 g/mol. The molecule has 51 heavy (non-hydrogen) atoms. The van der Waals surface area contributed by atoms with Gasteiger partial charge in [-0.2, -0.15) is 0 Å². The number of aromatic nitrogens is 3. The lowest BCUT2D eigenvalue weighted by Crippen LogP contribution is -1.94. The Morgan fingerprint density at radius 1 is 0.255 bits per heavy atom. The number of hydrogen-bond donors (Lipinski definition) is 0. The van der Waals surface area contributed by atoms with Crippen molar-refractivity contribution in [3.05, 3.63) is 176 Å². The minimum absolute atomic E-state index is 1.18. The Morgan fingerprint density at radius 2 is 0.647 bits per heavy atom. The number of fused-ring (bicyclic) bond motifs is 13. The van der Waals surface area contributed by atoms with Gasteiger partial charge in [0.1, 0.15) is 0 Å². The molecule has 0 aliphatic rings. The molecule has 0 bridgehead atoms. The highest BCUT2D eigenvalue weighted by Gasteiger charge is 2.19. The summed E-state index contributed by atoms with van der Waals surface area (Å²) in [5, 5.41) is 10.1. The van der Waals surface area contributed by atoms with E-state index < -0.39 is 0 Å². The molecule has 4 aromatic heterocycles. The summed E-state index contributed by atoms with van der Waals surface area (Å²) in [6, 6.07) is 64.8. The molecule has 0 fully saturated rings. The highest BCUT2D eigenvalue weighted by Crippen LogP contribution is 2.42. The first-order chi connectivity index (χ1) is 25.3. The van der Waals surface area contributed by atoms with E-state index in [1.165, 1.54) is 104 Å². The van der Waals surface area contributed by atoms with Crippen LogP contribution in [-0.2, 0) is 0 Å². The lowest BCUT2D eigenvalue weighted by Gasteiger charge is -2.10. The van der Waals surface area contributed by atoms with Gasteiger partial charge in [-0.05, 0) is 71.8 Å². The van der Waals surface area contributed by atoms with Crippen LogP contribution in [0, 0.1) is 0 Å². The zero-order valence-electron chi connectivity index (χ0n) is 27.6. The number of hydrogen-bond acceptors (Lipinski definition) is 0. The molecule has 0 atom stereocenters. The van der Waals surface area contributed by atoms with Gasteiger partial charge in [0.05, 0.1) is 44.1 Å². The summed E-state index contributed by atoms with van der Waals surface area (Å²) in [5.41, 5.74) is 13.4. The van der Waals surface area contributed by atoms with Gasteiger partial charge in [-0.25, -0.2) is 0 Å². The molecule has 0 spiro atoms. The fourth-order valence-electron chi connectivity index (χ4n) is 9.05. The number of rotatable bonds is 2. The Kier molecular flexibility index (Phi) is 5.23.